The minimum Gasteiger partial charge on any atom is -0.497 e. The number of allylic oxidation sites excluding steroid dienone is 1. The second-order valence-electron chi connectivity index (χ2n) is 6.24. The van der Waals surface area contributed by atoms with Crippen molar-refractivity contribution in [2.45, 2.75) is 9.79 Å². The number of carbonyl (C=O) groups excluding carboxylic acids is 1. The largest absolute Gasteiger partial charge is 0.497 e. The van der Waals surface area contributed by atoms with Crippen molar-refractivity contribution in [3.63, 3.8) is 0 Å². The number of hydrogen-bond acceptors (Lipinski definition) is 5. The zero-order valence-electron chi connectivity index (χ0n) is 15.6. The van der Waals surface area contributed by atoms with Crippen molar-refractivity contribution in [1.29, 1.82) is 0 Å². The molecule has 0 unspecified atom stereocenters. The van der Waals surface area contributed by atoms with Gasteiger partial charge in [0.2, 0.25) is 0 Å². The first-order chi connectivity index (χ1) is 13.7. The molecule has 0 spiro atoms. The molecule has 5 heteroatoms. The van der Waals surface area contributed by atoms with Gasteiger partial charge >= 0.3 is 0 Å². The molecule has 0 fully saturated rings. The second-order valence-corrected chi connectivity index (χ2v) is 7.32. The van der Waals surface area contributed by atoms with E-state index in [0.29, 0.717) is 17.1 Å². The van der Waals surface area contributed by atoms with Crippen molar-refractivity contribution in [3.05, 3.63) is 77.9 Å². The summed E-state index contributed by atoms with van der Waals surface area (Å²) >= 11 is 1.70. The molecule has 1 heterocycles. The number of fused-ring (bicyclic) bond motifs is 2. The van der Waals surface area contributed by atoms with Gasteiger partial charge in [-0.25, -0.2) is 0 Å². The van der Waals surface area contributed by atoms with E-state index in [2.05, 4.69) is 11.4 Å². The molecule has 1 aliphatic rings. The summed E-state index contributed by atoms with van der Waals surface area (Å²) in [6.07, 6.45) is 3.31. The number of carbonyl (C=O) groups is 1. The van der Waals surface area contributed by atoms with Crippen LogP contribution < -0.4 is 14.8 Å². The van der Waals surface area contributed by atoms with Gasteiger partial charge in [-0.1, -0.05) is 23.9 Å². The molecule has 4 nitrogen and oxygen atoms in total. The maximum absolute atomic E-state index is 12.7. The Kier molecular flexibility index (Phi) is 5.08. The number of benzene rings is 3. The Labute approximate surface area is 168 Å². The third-order valence-corrected chi connectivity index (χ3v) is 5.64. The molecule has 0 amide bonds. The number of ketones is 1. The molecular weight excluding hydrogens is 370 g/mol. The predicted molar refractivity (Wildman–Crippen MR) is 113 cm³/mol. The van der Waals surface area contributed by atoms with Crippen molar-refractivity contribution < 1.29 is 14.3 Å². The Balaban J connectivity index is 1.58. The number of anilines is 2. The van der Waals surface area contributed by atoms with Crippen LogP contribution in [0, 0.1) is 0 Å². The lowest BCUT2D eigenvalue weighted by molar-refractivity contribution is 0.104. The summed E-state index contributed by atoms with van der Waals surface area (Å²) < 4.78 is 10.6. The zero-order valence-corrected chi connectivity index (χ0v) is 16.4. The lowest BCUT2D eigenvalue weighted by Crippen LogP contribution is -2.02. The Hall–Kier alpha value is -3.18. The van der Waals surface area contributed by atoms with E-state index in [-0.39, 0.29) is 5.78 Å². The summed E-state index contributed by atoms with van der Waals surface area (Å²) in [6, 6.07) is 19.4. The molecule has 28 heavy (non-hydrogen) atoms. The first kappa shape index (κ1) is 18.2. The number of hydrogen-bond donors (Lipinski definition) is 1. The predicted octanol–water partition coefficient (Wildman–Crippen LogP) is 5.81. The first-order valence-electron chi connectivity index (χ1n) is 8.80. The molecule has 0 bridgehead atoms. The molecule has 0 aliphatic carbocycles. The van der Waals surface area contributed by atoms with E-state index in [1.165, 1.54) is 4.90 Å². The summed E-state index contributed by atoms with van der Waals surface area (Å²) in [4.78, 5) is 15.0. The summed E-state index contributed by atoms with van der Waals surface area (Å²) in [5.41, 5.74) is 3.42. The Bertz CT molecular complexity index is 1080. The molecule has 140 valence electrons. The normalized spacial score (nSPS) is 12.1. The van der Waals surface area contributed by atoms with E-state index in [1.54, 1.807) is 38.1 Å². The molecule has 0 saturated heterocycles. The maximum atomic E-state index is 12.7. The van der Waals surface area contributed by atoms with Crippen LogP contribution in [0.5, 0.6) is 11.5 Å². The minimum absolute atomic E-state index is 0.0710. The second kappa shape index (κ2) is 7.82. The summed E-state index contributed by atoms with van der Waals surface area (Å²) in [5.74, 6) is 1.32. The van der Waals surface area contributed by atoms with Gasteiger partial charge < -0.3 is 14.8 Å². The smallest absolute Gasteiger partial charge is 0.185 e. The SMILES string of the molecule is COc1ccc(OC)c(/C=C/C(=O)c2ccc3c(c2)Nc2ccccc2S3)c1. The van der Waals surface area contributed by atoms with Gasteiger partial charge in [0, 0.05) is 20.9 Å². The number of rotatable bonds is 5. The third kappa shape index (κ3) is 3.62. The van der Waals surface area contributed by atoms with Crippen LogP contribution in [-0.2, 0) is 0 Å². The van der Waals surface area contributed by atoms with Crippen molar-refractivity contribution >= 4 is 35.0 Å². The van der Waals surface area contributed by atoms with Gasteiger partial charge in [-0.2, -0.15) is 0 Å². The number of nitrogens with one attached hydrogen (secondary N) is 1. The number of methoxy groups -OCH3 is 2. The summed E-state index contributed by atoms with van der Waals surface area (Å²) in [6.45, 7) is 0. The molecule has 0 saturated carbocycles. The van der Waals surface area contributed by atoms with Crippen LogP contribution >= 0.6 is 11.8 Å². The average Bonchev–Trinajstić information content (AvgIpc) is 2.75. The van der Waals surface area contributed by atoms with Crippen LogP contribution in [0.2, 0.25) is 0 Å². The molecule has 0 radical (unpaired) electrons. The van der Waals surface area contributed by atoms with Gasteiger partial charge in [0.15, 0.2) is 5.78 Å². The standard InChI is InChI=1S/C23H19NO3S/c1-26-17-9-11-21(27-2)16(13-17)7-10-20(25)15-8-12-23-19(14-15)24-18-5-3-4-6-22(18)28-23/h3-14,24H,1-2H3/b10-7+. The Morgan fingerprint density at radius 2 is 1.75 bits per heavy atom. The fraction of sp³-hybridized carbons (Fsp3) is 0.0870. The van der Waals surface area contributed by atoms with Gasteiger partial charge in [-0.15, -0.1) is 0 Å². The Morgan fingerprint density at radius 3 is 2.57 bits per heavy atom. The van der Waals surface area contributed by atoms with Crippen molar-refractivity contribution in [1.82, 2.24) is 0 Å². The van der Waals surface area contributed by atoms with Gasteiger partial charge in [0.1, 0.15) is 11.5 Å². The van der Waals surface area contributed by atoms with Crippen LogP contribution in [0.15, 0.2) is 76.5 Å². The van der Waals surface area contributed by atoms with Crippen molar-refractivity contribution in [3.8, 4) is 11.5 Å². The molecule has 3 aromatic carbocycles. The molecular formula is C23H19NO3S. The topological polar surface area (TPSA) is 47.6 Å². The van der Waals surface area contributed by atoms with Crippen LogP contribution in [0.4, 0.5) is 11.4 Å². The summed E-state index contributed by atoms with van der Waals surface area (Å²) in [5, 5.41) is 3.41. The van der Waals surface area contributed by atoms with E-state index >= 15 is 0 Å². The summed E-state index contributed by atoms with van der Waals surface area (Å²) in [7, 11) is 3.21. The molecule has 0 aromatic heterocycles. The lowest BCUT2D eigenvalue weighted by atomic mass is 10.1. The fourth-order valence-corrected chi connectivity index (χ4v) is 3.99. The minimum atomic E-state index is -0.0710. The van der Waals surface area contributed by atoms with E-state index in [9.17, 15) is 4.79 Å². The molecule has 1 N–H and O–H groups in total. The Morgan fingerprint density at radius 1 is 0.929 bits per heavy atom. The van der Waals surface area contributed by atoms with E-state index in [4.69, 9.17) is 9.47 Å². The van der Waals surface area contributed by atoms with Crippen LogP contribution in [0.1, 0.15) is 15.9 Å². The molecule has 4 rings (SSSR count). The van der Waals surface area contributed by atoms with Crippen LogP contribution in [-0.4, -0.2) is 20.0 Å². The molecule has 0 atom stereocenters. The highest BCUT2D eigenvalue weighted by molar-refractivity contribution is 7.99. The highest BCUT2D eigenvalue weighted by Crippen LogP contribution is 2.44. The number of para-hydroxylation sites is 1. The molecule has 3 aromatic rings. The fourth-order valence-electron chi connectivity index (χ4n) is 3.02. The highest BCUT2D eigenvalue weighted by Gasteiger charge is 2.16. The average molecular weight is 389 g/mol. The number of ether oxygens (including phenoxy) is 2. The van der Waals surface area contributed by atoms with Gasteiger partial charge in [0.25, 0.3) is 0 Å². The van der Waals surface area contributed by atoms with E-state index < -0.39 is 0 Å². The zero-order chi connectivity index (χ0) is 19.5. The lowest BCUT2D eigenvalue weighted by Gasteiger charge is -2.20. The monoisotopic (exact) mass is 389 g/mol. The van der Waals surface area contributed by atoms with Crippen LogP contribution in [0.3, 0.4) is 0 Å². The van der Waals surface area contributed by atoms with Crippen LogP contribution in [0.25, 0.3) is 6.08 Å². The van der Waals surface area contributed by atoms with E-state index in [0.717, 1.165) is 21.8 Å². The van der Waals surface area contributed by atoms with Gasteiger partial charge in [0.05, 0.1) is 25.6 Å². The highest BCUT2D eigenvalue weighted by atomic mass is 32.2. The molecule has 1 aliphatic heterocycles. The third-order valence-electron chi connectivity index (χ3n) is 4.49. The van der Waals surface area contributed by atoms with Gasteiger partial charge in [-0.05, 0) is 60.7 Å². The van der Waals surface area contributed by atoms with Crippen molar-refractivity contribution in [2.75, 3.05) is 19.5 Å². The first-order valence-corrected chi connectivity index (χ1v) is 9.62. The quantitative estimate of drug-likeness (QED) is 0.345. The van der Waals surface area contributed by atoms with E-state index in [1.807, 2.05) is 54.6 Å². The maximum Gasteiger partial charge on any atom is 0.185 e. The van der Waals surface area contributed by atoms with Crippen molar-refractivity contribution in [2.24, 2.45) is 0 Å². The van der Waals surface area contributed by atoms with Gasteiger partial charge in [-0.3, -0.25) is 4.79 Å².